The number of nitriles is 1. The average molecular weight is 472 g/mol. The van der Waals surface area contributed by atoms with E-state index in [-0.39, 0.29) is 5.91 Å². The van der Waals surface area contributed by atoms with E-state index in [9.17, 15) is 14.3 Å². The summed E-state index contributed by atoms with van der Waals surface area (Å²) in [5.41, 5.74) is 2.37. The lowest BCUT2D eigenvalue weighted by atomic mass is 10.1. The first-order valence-corrected chi connectivity index (χ1v) is 11.9. The van der Waals surface area contributed by atoms with Crippen molar-refractivity contribution in [3.8, 4) is 6.07 Å². The smallest absolute Gasteiger partial charge is 0.253 e. The summed E-state index contributed by atoms with van der Waals surface area (Å²) in [6.07, 6.45) is 3.24. The fourth-order valence-corrected chi connectivity index (χ4v) is 4.95. The highest BCUT2D eigenvalue weighted by molar-refractivity contribution is 7.83. The number of nitrogens with one attached hydrogen (secondary N) is 2. The molecule has 34 heavy (non-hydrogen) atoms. The standard InChI is InChI=1S/C24H21N7O2S/c25-14-18-3-1-2-4-22(18)34(33)31-21-13-23(27-15-19(21)16-28-31)29-20-7-5-17(6-8-20)24(32)30-11-9-26-10-12-30/h1-8,13,15-16,26H,9-12H2,(H,27,29). The Bertz CT molecular complexity index is 1420. The second-order valence-electron chi connectivity index (χ2n) is 7.75. The van der Waals surface area contributed by atoms with Crippen LogP contribution < -0.4 is 10.6 Å². The van der Waals surface area contributed by atoms with Crippen LogP contribution in [0, 0.1) is 11.3 Å². The van der Waals surface area contributed by atoms with Gasteiger partial charge in [0.25, 0.3) is 5.91 Å². The molecular formula is C24H21N7O2S. The van der Waals surface area contributed by atoms with Gasteiger partial charge in [-0.05, 0) is 36.4 Å². The summed E-state index contributed by atoms with van der Waals surface area (Å²) in [5, 5.41) is 20.8. The molecule has 9 nitrogen and oxygen atoms in total. The molecule has 1 amide bonds. The third-order valence-electron chi connectivity index (χ3n) is 5.58. The molecule has 4 aromatic rings. The van der Waals surface area contributed by atoms with Crippen LogP contribution in [0.5, 0.6) is 0 Å². The van der Waals surface area contributed by atoms with Crippen LogP contribution in [-0.2, 0) is 11.0 Å². The first kappa shape index (κ1) is 21.8. The van der Waals surface area contributed by atoms with Crippen molar-refractivity contribution in [1.82, 2.24) is 24.4 Å². The fraction of sp³-hybridized carbons (Fsp3) is 0.167. The molecule has 0 saturated carbocycles. The van der Waals surface area contributed by atoms with Gasteiger partial charge in [-0.2, -0.15) is 14.4 Å². The minimum Gasteiger partial charge on any atom is -0.340 e. The molecule has 0 radical (unpaired) electrons. The first-order valence-electron chi connectivity index (χ1n) is 10.8. The summed E-state index contributed by atoms with van der Waals surface area (Å²) < 4.78 is 14.6. The van der Waals surface area contributed by atoms with Gasteiger partial charge in [-0.25, -0.2) is 9.19 Å². The van der Waals surface area contributed by atoms with E-state index in [1.165, 1.54) is 4.09 Å². The summed E-state index contributed by atoms with van der Waals surface area (Å²) in [6, 6.07) is 17.8. The molecule has 0 bridgehead atoms. The molecule has 2 aromatic heterocycles. The van der Waals surface area contributed by atoms with E-state index in [4.69, 9.17) is 0 Å². The molecule has 1 aliphatic rings. The number of nitrogens with zero attached hydrogens (tertiary/aromatic N) is 5. The molecule has 1 atom stereocenters. The van der Waals surface area contributed by atoms with Crippen LogP contribution in [0.4, 0.5) is 11.5 Å². The lowest BCUT2D eigenvalue weighted by molar-refractivity contribution is 0.0736. The molecule has 1 aliphatic heterocycles. The number of amides is 1. The Hall–Kier alpha value is -4.07. The number of benzene rings is 2. The summed E-state index contributed by atoms with van der Waals surface area (Å²) >= 11 is 0. The van der Waals surface area contributed by atoms with E-state index in [0.29, 0.717) is 40.4 Å². The van der Waals surface area contributed by atoms with E-state index >= 15 is 0 Å². The zero-order valence-electron chi connectivity index (χ0n) is 18.1. The second-order valence-corrected chi connectivity index (χ2v) is 9.03. The van der Waals surface area contributed by atoms with Crippen LogP contribution in [0.3, 0.4) is 0 Å². The number of hydrogen-bond donors (Lipinski definition) is 2. The van der Waals surface area contributed by atoms with Gasteiger partial charge < -0.3 is 15.5 Å². The topological polar surface area (TPSA) is 116 Å². The Morgan fingerprint density at radius 2 is 1.85 bits per heavy atom. The van der Waals surface area contributed by atoms with E-state index < -0.39 is 11.0 Å². The van der Waals surface area contributed by atoms with Crippen molar-refractivity contribution in [2.45, 2.75) is 4.90 Å². The lowest BCUT2D eigenvalue weighted by Gasteiger charge is -2.27. The number of rotatable bonds is 5. The molecule has 1 unspecified atom stereocenters. The number of fused-ring (bicyclic) bond motifs is 1. The highest BCUT2D eigenvalue weighted by Gasteiger charge is 2.18. The molecule has 10 heteroatoms. The van der Waals surface area contributed by atoms with Crippen molar-refractivity contribution in [1.29, 1.82) is 5.26 Å². The van der Waals surface area contributed by atoms with Crippen molar-refractivity contribution >= 4 is 39.3 Å². The predicted molar refractivity (Wildman–Crippen MR) is 129 cm³/mol. The highest BCUT2D eigenvalue weighted by atomic mass is 32.2. The van der Waals surface area contributed by atoms with E-state index in [1.54, 1.807) is 54.9 Å². The van der Waals surface area contributed by atoms with Gasteiger partial charge in [0.05, 0.1) is 22.2 Å². The van der Waals surface area contributed by atoms with Gasteiger partial charge in [0.15, 0.2) is 11.0 Å². The fourth-order valence-electron chi connectivity index (χ4n) is 3.80. The summed E-state index contributed by atoms with van der Waals surface area (Å²) in [6.45, 7) is 3.03. The molecule has 3 heterocycles. The van der Waals surface area contributed by atoms with Crippen molar-refractivity contribution in [3.05, 3.63) is 78.1 Å². The maximum absolute atomic E-state index is 13.2. The van der Waals surface area contributed by atoms with Crippen LogP contribution in [0.2, 0.25) is 0 Å². The number of carbonyl (C=O) groups is 1. The Morgan fingerprint density at radius 3 is 2.62 bits per heavy atom. The average Bonchev–Trinajstić information content (AvgIpc) is 3.32. The van der Waals surface area contributed by atoms with Gasteiger partial charge in [0.2, 0.25) is 0 Å². The van der Waals surface area contributed by atoms with Crippen LogP contribution >= 0.6 is 0 Å². The Balaban J connectivity index is 1.37. The van der Waals surface area contributed by atoms with Gasteiger partial charge in [0, 0.05) is 55.1 Å². The maximum Gasteiger partial charge on any atom is 0.253 e. The molecule has 170 valence electrons. The van der Waals surface area contributed by atoms with Gasteiger partial charge >= 0.3 is 0 Å². The van der Waals surface area contributed by atoms with Crippen molar-refractivity contribution < 1.29 is 9.00 Å². The number of aromatic nitrogens is 3. The SMILES string of the molecule is N#Cc1ccccc1S(=O)n1ncc2cnc(Nc3ccc(C(=O)N4CCNCC4)cc3)cc21. The highest BCUT2D eigenvalue weighted by Crippen LogP contribution is 2.23. The van der Waals surface area contributed by atoms with E-state index in [0.717, 1.165) is 24.2 Å². The first-order chi connectivity index (χ1) is 16.6. The van der Waals surface area contributed by atoms with Gasteiger partial charge in [-0.3, -0.25) is 4.79 Å². The van der Waals surface area contributed by atoms with E-state index in [2.05, 4.69) is 26.8 Å². The normalized spacial score (nSPS) is 14.5. The van der Waals surface area contributed by atoms with E-state index in [1.807, 2.05) is 17.0 Å². The monoisotopic (exact) mass is 471 g/mol. The minimum atomic E-state index is -1.69. The molecule has 1 saturated heterocycles. The molecule has 5 rings (SSSR count). The number of carbonyl (C=O) groups excluding carboxylic acids is 1. The van der Waals surface area contributed by atoms with Crippen molar-refractivity contribution in [2.24, 2.45) is 0 Å². The summed E-state index contributed by atoms with van der Waals surface area (Å²) in [4.78, 5) is 19.3. The largest absolute Gasteiger partial charge is 0.340 e. The summed E-state index contributed by atoms with van der Waals surface area (Å²) in [7, 11) is -1.69. The van der Waals surface area contributed by atoms with Crippen LogP contribution in [0.15, 0.2) is 71.9 Å². The molecule has 1 fully saturated rings. The van der Waals surface area contributed by atoms with Gasteiger partial charge in [-0.15, -0.1) is 0 Å². The molecule has 2 N–H and O–H groups in total. The molecule has 0 aliphatic carbocycles. The van der Waals surface area contributed by atoms with Crippen LogP contribution in [0.1, 0.15) is 15.9 Å². The quantitative estimate of drug-likeness (QED) is 0.460. The maximum atomic E-state index is 13.2. The molecule has 0 spiro atoms. The van der Waals surface area contributed by atoms with Gasteiger partial charge in [-0.1, -0.05) is 12.1 Å². The second kappa shape index (κ2) is 9.43. The minimum absolute atomic E-state index is 0.0247. The van der Waals surface area contributed by atoms with Crippen molar-refractivity contribution in [2.75, 3.05) is 31.5 Å². The number of piperazine rings is 1. The number of anilines is 2. The third kappa shape index (κ3) is 4.26. The third-order valence-corrected chi connectivity index (χ3v) is 6.92. The Labute approximate surface area is 198 Å². The Kier molecular flexibility index (Phi) is 6.03. The number of hydrogen-bond acceptors (Lipinski definition) is 7. The van der Waals surface area contributed by atoms with Crippen LogP contribution in [0.25, 0.3) is 10.9 Å². The molecular weight excluding hydrogens is 450 g/mol. The zero-order valence-corrected chi connectivity index (χ0v) is 19.0. The number of pyridine rings is 1. The van der Waals surface area contributed by atoms with Crippen LogP contribution in [-0.4, -0.2) is 55.4 Å². The molecule has 2 aromatic carbocycles. The summed E-state index contributed by atoms with van der Waals surface area (Å²) in [5.74, 6) is 0.567. The van der Waals surface area contributed by atoms with Crippen molar-refractivity contribution in [3.63, 3.8) is 0 Å². The Morgan fingerprint density at radius 1 is 1.09 bits per heavy atom. The predicted octanol–water partition coefficient (Wildman–Crippen LogP) is 2.66. The van der Waals surface area contributed by atoms with Gasteiger partial charge in [0.1, 0.15) is 11.9 Å². The zero-order chi connectivity index (χ0) is 23.5. The lowest BCUT2D eigenvalue weighted by Crippen LogP contribution is -2.46.